The van der Waals surface area contributed by atoms with Gasteiger partial charge in [-0.15, -0.1) is 0 Å². The van der Waals surface area contributed by atoms with Gasteiger partial charge in [-0.3, -0.25) is 4.79 Å². The van der Waals surface area contributed by atoms with Crippen LogP contribution in [0.3, 0.4) is 0 Å². The highest BCUT2D eigenvalue weighted by atomic mass is 16.2. The first-order chi connectivity index (χ1) is 8.20. The van der Waals surface area contributed by atoms with Crippen molar-refractivity contribution in [3.05, 3.63) is 0 Å². The first-order valence-corrected chi connectivity index (χ1v) is 7.20. The first kappa shape index (κ1) is 11.5. The predicted octanol–water partition coefficient (Wildman–Crippen LogP) is 1.78. The SMILES string of the molecule is CCC1(C(=O)N2CCC3(CC2)CNC3)CCC1. The lowest BCUT2D eigenvalue weighted by Crippen LogP contribution is -2.60. The van der Waals surface area contributed by atoms with E-state index in [0.717, 1.165) is 32.4 Å². The smallest absolute Gasteiger partial charge is 0.228 e. The molecule has 0 aromatic carbocycles. The second-order valence-electron chi connectivity index (χ2n) is 6.38. The standard InChI is InChI=1S/C14H24N2O/c1-2-14(4-3-5-14)12(17)16-8-6-13(7-9-16)10-15-11-13/h15H,2-11H2,1H3. The quantitative estimate of drug-likeness (QED) is 0.792. The van der Waals surface area contributed by atoms with Crippen LogP contribution < -0.4 is 5.32 Å². The van der Waals surface area contributed by atoms with Crippen molar-refractivity contribution >= 4 is 5.91 Å². The summed E-state index contributed by atoms with van der Waals surface area (Å²) >= 11 is 0. The van der Waals surface area contributed by atoms with Crippen LogP contribution in [-0.4, -0.2) is 37.0 Å². The van der Waals surface area contributed by atoms with Crippen LogP contribution in [-0.2, 0) is 4.79 Å². The van der Waals surface area contributed by atoms with Gasteiger partial charge in [0.15, 0.2) is 0 Å². The monoisotopic (exact) mass is 236 g/mol. The van der Waals surface area contributed by atoms with E-state index in [0.29, 0.717) is 11.3 Å². The molecule has 0 bridgehead atoms. The van der Waals surface area contributed by atoms with Gasteiger partial charge in [-0.25, -0.2) is 0 Å². The molecule has 0 aromatic rings. The fourth-order valence-corrected chi connectivity index (χ4v) is 3.67. The van der Waals surface area contributed by atoms with E-state index in [1.165, 1.54) is 32.4 Å². The van der Waals surface area contributed by atoms with Gasteiger partial charge in [-0.1, -0.05) is 13.3 Å². The van der Waals surface area contributed by atoms with Crippen molar-refractivity contribution in [2.24, 2.45) is 10.8 Å². The van der Waals surface area contributed by atoms with Gasteiger partial charge in [0.25, 0.3) is 0 Å². The molecule has 0 radical (unpaired) electrons. The minimum absolute atomic E-state index is 0.0440. The van der Waals surface area contributed by atoms with Gasteiger partial charge < -0.3 is 10.2 Å². The summed E-state index contributed by atoms with van der Waals surface area (Å²) in [7, 11) is 0. The number of rotatable bonds is 2. The topological polar surface area (TPSA) is 32.3 Å². The lowest BCUT2D eigenvalue weighted by Gasteiger charge is -2.51. The summed E-state index contributed by atoms with van der Waals surface area (Å²) in [4.78, 5) is 14.7. The number of carbonyl (C=O) groups excluding carboxylic acids is 1. The third-order valence-corrected chi connectivity index (χ3v) is 5.55. The van der Waals surface area contributed by atoms with E-state index in [9.17, 15) is 4.79 Å². The summed E-state index contributed by atoms with van der Waals surface area (Å²) in [6, 6.07) is 0. The number of amides is 1. The van der Waals surface area contributed by atoms with E-state index >= 15 is 0 Å². The van der Waals surface area contributed by atoms with Crippen molar-refractivity contribution in [2.45, 2.75) is 45.4 Å². The third-order valence-electron chi connectivity index (χ3n) is 5.55. The van der Waals surface area contributed by atoms with Crippen molar-refractivity contribution in [3.63, 3.8) is 0 Å². The van der Waals surface area contributed by atoms with Gasteiger partial charge in [-0.2, -0.15) is 0 Å². The van der Waals surface area contributed by atoms with Crippen LogP contribution in [0.1, 0.15) is 45.4 Å². The summed E-state index contributed by atoms with van der Waals surface area (Å²) in [5.74, 6) is 0.466. The minimum atomic E-state index is 0.0440. The van der Waals surface area contributed by atoms with Gasteiger partial charge in [0.2, 0.25) is 5.91 Å². The zero-order valence-electron chi connectivity index (χ0n) is 10.9. The molecule has 1 amide bonds. The zero-order chi connectivity index (χ0) is 11.9. The van der Waals surface area contributed by atoms with Crippen LogP contribution >= 0.6 is 0 Å². The molecule has 3 fully saturated rings. The third kappa shape index (κ3) is 1.70. The van der Waals surface area contributed by atoms with Crippen LogP contribution in [0.2, 0.25) is 0 Å². The normalized spacial score (nSPS) is 29.6. The van der Waals surface area contributed by atoms with Gasteiger partial charge >= 0.3 is 0 Å². The first-order valence-electron chi connectivity index (χ1n) is 7.20. The van der Waals surface area contributed by atoms with Gasteiger partial charge in [0.1, 0.15) is 0 Å². The molecular weight excluding hydrogens is 212 g/mol. The van der Waals surface area contributed by atoms with Gasteiger partial charge in [-0.05, 0) is 37.5 Å². The highest BCUT2D eigenvalue weighted by molar-refractivity contribution is 5.83. The Morgan fingerprint density at radius 1 is 1.18 bits per heavy atom. The van der Waals surface area contributed by atoms with E-state index < -0.39 is 0 Å². The molecule has 1 spiro atoms. The Kier molecular flexibility index (Phi) is 2.69. The van der Waals surface area contributed by atoms with E-state index in [-0.39, 0.29) is 5.41 Å². The minimum Gasteiger partial charge on any atom is -0.342 e. The Bertz CT molecular complexity index is 303. The van der Waals surface area contributed by atoms with E-state index in [4.69, 9.17) is 0 Å². The maximum atomic E-state index is 12.6. The van der Waals surface area contributed by atoms with E-state index in [2.05, 4.69) is 17.1 Å². The zero-order valence-corrected chi connectivity index (χ0v) is 10.9. The summed E-state index contributed by atoms with van der Waals surface area (Å²) in [5.41, 5.74) is 0.595. The molecule has 0 atom stereocenters. The maximum absolute atomic E-state index is 12.6. The Labute approximate surface area is 104 Å². The molecule has 2 saturated heterocycles. The van der Waals surface area contributed by atoms with Crippen molar-refractivity contribution < 1.29 is 4.79 Å². The molecule has 3 aliphatic rings. The number of hydrogen-bond acceptors (Lipinski definition) is 2. The van der Waals surface area contributed by atoms with Crippen LogP contribution in [0, 0.1) is 10.8 Å². The molecule has 2 aliphatic heterocycles. The van der Waals surface area contributed by atoms with Gasteiger partial charge in [0.05, 0.1) is 0 Å². The van der Waals surface area contributed by atoms with Crippen molar-refractivity contribution in [2.75, 3.05) is 26.2 Å². The molecular formula is C14H24N2O. The Hall–Kier alpha value is -0.570. The van der Waals surface area contributed by atoms with Crippen molar-refractivity contribution in [1.82, 2.24) is 10.2 Å². The Morgan fingerprint density at radius 2 is 1.82 bits per heavy atom. The molecule has 0 unspecified atom stereocenters. The van der Waals surface area contributed by atoms with Crippen LogP contribution in [0.25, 0.3) is 0 Å². The van der Waals surface area contributed by atoms with Crippen LogP contribution in [0.5, 0.6) is 0 Å². The maximum Gasteiger partial charge on any atom is 0.228 e. The average molecular weight is 236 g/mol. The number of piperidine rings is 1. The number of nitrogens with zero attached hydrogens (tertiary/aromatic N) is 1. The molecule has 3 rings (SSSR count). The second-order valence-corrected chi connectivity index (χ2v) is 6.38. The summed E-state index contributed by atoms with van der Waals surface area (Å²) in [6.07, 6.45) is 6.98. The Balaban J connectivity index is 1.60. The fourth-order valence-electron chi connectivity index (χ4n) is 3.67. The highest BCUT2D eigenvalue weighted by Gasteiger charge is 2.47. The summed E-state index contributed by atoms with van der Waals surface area (Å²) in [6.45, 7) is 6.53. The molecule has 1 saturated carbocycles. The molecule has 2 heterocycles. The number of carbonyl (C=O) groups is 1. The highest BCUT2D eigenvalue weighted by Crippen LogP contribution is 2.46. The summed E-state index contributed by atoms with van der Waals surface area (Å²) < 4.78 is 0. The van der Waals surface area contributed by atoms with Crippen LogP contribution in [0.15, 0.2) is 0 Å². The molecule has 96 valence electrons. The fraction of sp³-hybridized carbons (Fsp3) is 0.929. The van der Waals surface area contributed by atoms with Gasteiger partial charge in [0, 0.05) is 31.6 Å². The predicted molar refractivity (Wildman–Crippen MR) is 67.7 cm³/mol. The molecule has 17 heavy (non-hydrogen) atoms. The largest absolute Gasteiger partial charge is 0.342 e. The lowest BCUT2D eigenvalue weighted by atomic mass is 9.65. The van der Waals surface area contributed by atoms with E-state index in [1.54, 1.807) is 0 Å². The molecule has 1 aliphatic carbocycles. The molecule has 0 aromatic heterocycles. The van der Waals surface area contributed by atoms with Crippen LogP contribution in [0.4, 0.5) is 0 Å². The average Bonchev–Trinajstić information content (AvgIpc) is 2.26. The molecule has 3 heteroatoms. The second kappa shape index (κ2) is 3.98. The summed E-state index contributed by atoms with van der Waals surface area (Å²) in [5, 5.41) is 3.38. The van der Waals surface area contributed by atoms with Crippen molar-refractivity contribution in [3.8, 4) is 0 Å². The molecule has 1 N–H and O–H groups in total. The lowest BCUT2D eigenvalue weighted by molar-refractivity contribution is -0.150. The number of nitrogens with one attached hydrogen (secondary N) is 1. The molecule has 3 nitrogen and oxygen atoms in total. The number of likely N-dealkylation sites (tertiary alicyclic amines) is 1. The Morgan fingerprint density at radius 3 is 2.18 bits per heavy atom. The van der Waals surface area contributed by atoms with Crippen molar-refractivity contribution in [1.29, 1.82) is 0 Å². The number of hydrogen-bond donors (Lipinski definition) is 1. The van der Waals surface area contributed by atoms with E-state index in [1.807, 2.05) is 0 Å².